The highest BCUT2D eigenvalue weighted by Crippen LogP contribution is 2.24. The van der Waals surface area contributed by atoms with E-state index in [1.807, 2.05) is 0 Å². The molecule has 1 unspecified atom stereocenters. The van der Waals surface area contributed by atoms with Crippen LogP contribution in [0.3, 0.4) is 0 Å². The lowest BCUT2D eigenvalue weighted by molar-refractivity contribution is -0.122. The number of hydrogen-bond acceptors (Lipinski definition) is 5. The first kappa shape index (κ1) is 20.2. The Hall–Kier alpha value is -2.52. The number of ether oxygens (including phenoxy) is 2. The predicted octanol–water partition coefficient (Wildman–Crippen LogP) is 1.22. The molecule has 2 amide bonds. The number of nitrogens with zero attached hydrogens (tertiary/aromatic N) is 2. The van der Waals surface area contributed by atoms with E-state index < -0.39 is 29.1 Å². The van der Waals surface area contributed by atoms with Crippen molar-refractivity contribution in [1.29, 1.82) is 0 Å². The summed E-state index contributed by atoms with van der Waals surface area (Å²) < 4.78 is 26.9. The molecule has 152 valence electrons. The molecule has 1 aromatic heterocycles. The Balaban J connectivity index is 1.95. The van der Waals surface area contributed by atoms with Crippen molar-refractivity contribution in [3.8, 4) is 0 Å². The van der Waals surface area contributed by atoms with E-state index >= 15 is 0 Å². The number of rotatable bonds is 5. The lowest BCUT2D eigenvalue weighted by atomic mass is 9.86. The summed E-state index contributed by atoms with van der Waals surface area (Å²) in [5.41, 5.74) is 5.09. The van der Waals surface area contributed by atoms with Gasteiger partial charge in [-0.1, -0.05) is 32.9 Å². The molecule has 3 rings (SSSR count). The molecule has 3 N–H and O–H groups in total. The highest BCUT2D eigenvalue weighted by atomic mass is 19.1. The first-order valence-electron chi connectivity index (χ1n) is 9.13. The molecule has 9 heteroatoms. The average molecular weight is 392 g/mol. The van der Waals surface area contributed by atoms with E-state index in [2.05, 4.69) is 10.4 Å². The highest BCUT2D eigenvalue weighted by molar-refractivity contribution is 6.06. The first-order chi connectivity index (χ1) is 13.2. The van der Waals surface area contributed by atoms with Crippen molar-refractivity contribution in [1.82, 2.24) is 15.1 Å². The van der Waals surface area contributed by atoms with E-state index in [1.54, 1.807) is 26.8 Å². The summed E-state index contributed by atoms with van der Waals surface area (Å²) >= 11 is 0. The second kappa shape index (κ2) is 7.84. The van der Waals surface area contributed by atoms with Crippen LogP contribution in [0.2, 0.25) is 0 Å². The van der Waals surface area contributed by atoms with Crippen LogP contribution in [-0.2, 0) is 20.8 Å². The summed E-state index contributed by atoms with van der Waals surface area (Å²) in [4.78, 5) is 24.7. The van der Waals surface area contributed by atoms with Gasteiger partial charge in [0.25, 0.3) is 5.91 Å². The largest absolute Gasteiger partial charge is 0.376 e. The van der Waals surface area contributed by atoms with Gasteiger partial charge in [0.05, 0.1) is 26.4 Å². The third kappa shape index (κ3) is 4.15. The minimum absolute atomic E-state index is 0.0294. The third-order valence-corrected chi connectivity index (χ3v) is 4.62. The number of aromatic nitrogens is 2. The summed E-state index contributed by atoms with van der Waals surface area (Å²) in [6.45, 7) is 6.94. The molecule has 1 aromatic carbocycles. The summed E-state index contributed by atoms with van der Waals surface area (Å²) in [6.07, 6.45) is -0.291. The predicted molar refractivity (Wildman–Crippen MR) is 100 cm³/mol. The minimum Gasteiger partial charge on any atom is -0.376 e. The Morgan fingerprint density at radius 1 is 1.39 bits per heavy atom. The van der Waals surface area contributed by atoms with Crippen LogP contribution in [0.25, 0.3) is 10.9 Å². The molecule has 1 aliphatic rings. The zero-order valence-corrected chi connectivity index (χ0v) is 16.2. The Bertz CT molecular complexity index is 884. The van der Waals surface area contributed by atoms with Gasteiger partial charge in [0.2, 0.25) is 5.91 Å². The Morgan fingerprint density at radius 2 is 2.14 bits per heavy atom. The van der Waals surface area contributed by atoms with Crippen molar-refractivity contribution < 1.29 is 23.5 Å². The standard InChI is InChI=1S/C19H25FN4O4/c1-19(2,3)16(17(21)25)22-18(26)14-12-5-4-6-13(20)15(12)24(23-14)9-11-10-27-7-8-28-11/h4-6,11,16H,7-10H2,1-3H3,(H2,21,25)(H,22,26)/t11-,16?/m0/s1. The van der Waals surface area contributed by atoms with Crippen molar-refractivity contribution in [3.05, 3.63) is 29.7 Å². The Labute approximate surface area is 162 Å². The number of nitrogens with two attached hydrogens (primary N) is 1. The molecule has 1 fully saturated rings. The summed E-state index contributed by atoms with van der Waals surface area (Å²) in [5, 5.41) is 7.30. The number of nitrogens with one attached hydrogen (secondary N) is 1. The number of para-hydroxylation sites is 1. The van der Waals surface area contributed by atoms with Gasteiger partial charge < -0.3 is 20.5 Å². The number of benzene rings is 1. The van der Waals surface area contributed by atoms with Crippen molar-refractivity contribution in [2.45, 2.75) is 39.5 Å². The normalized spacial score (nSPS) is 18.8. The molecule has 2 atom stereocenters. The van der Waals surface area contributed by atoms with Crippen LogP contribution >= 0.6 is 0 Å². The van der Waals surface area contributed by atoms with Crippen LogP contribution in [0.5, 0.6) is 0 Å². The number of hydrogen-bond donors (Lipinski definition) is 2. The molecule has 0 saturated carbocycles. The lowest BCUT2D eigenvalue weighted by Crippen LogP contribution is -2.52. The van der Waals surface area contributed by atoms with Crippen LogP contribution in [0, 0.1) is 11.2 Å². The van der Waals surface area contributed by atoms with Crippen LogP contribution in [0.15, 0.2) is 18.2 Å². The summed E-state index contributed by atoms with van der Waals surface area (Å²) in [5.74, 6) is -1.74. The monoisotopic (exact) mass is 392 g/mol. The number of carbonyl (C=O) groups is 2. The van der Waals surface area contributed by atoms with Gasteiger partial charge in [-0.3, -0.25) is 14.3 Å². The number of amides is 2. The van der Waals surface area contributed by atoms with Gasteiger partial charge >= 0.3 is 0 Å². The van der Waals surface area contributed by atoms with Gasteiger partial charge in [-0.05, 0) is 11.5 Å². The third-order valence-electron chi connectivity index (χ3n) is 4.62. The molecule has 1 saturated heterocycles. The second-order valence-corrected chi connectivity index (χ2v) is 7.91. The molecule has 8 nitrogen and oxygen atoms in total. The van der Waals surface area contributed by atoms with Gasteiger partial charge in [-0.25, -0.2) is 4.39 Å². The molecule has 1 aliphatic heterocycles. The second-order valence-electron chi connectivity index (χ2n) is 7.91. The van der Waals surface area contributed by atoms with E-state index in [-0.39, 0.29) is 23.9 Å². The van der Waals surface area contributed by atoms with Gasteiger partial charge in [0.15, 0.2) is 5.69 Å². The minimum atomic E-state index is -0.899. The molecular formula is C19H25FN4O4. The van der Waals surface area contributed by atoms with Gasteiger partial charge in [-0.2, -0.15) is 5.10 Å². The van der Waals surface area contributed by atoms with Gasteiger partial charge in [-0.15, -0.1) is 0 Å². The molecule has 0 radical (unpaired) electrons. The van der Waals surface area contributed by atoms with Crippen LogP contribution in [0.1, 0.15) is 31.3 Å². The van der Waals surface area contributed by atoms with Crippen molar-refractivity contribution in [2.24, 2.45) is 11.1 Å². The fraction of sp³-hybridized carbons (Fsp3) is 0.526. The van der Waals surface area contributed by atoms with Gasteiger partial charge in [0.1, 0.15) is 23.5 Å². The Kier molecular flexibility index (Phi) is 5.66. The van der Waals surface area contributed by atoms with Crippen molar-refractivity contribution in [3.63, 3.8) is 0 Å². The molecule has 0 spiro atoms. The zero-order chi connectivity index (χ0) is 20.5. The SMILES string of the molecule is CC(C)(C)C(NC(=O)c1nn(C[C@H]2COCCO2)c2c(F)cccc12)C(N)=O. The highest BCUT2D eigenvalue weighted by Gasteiger charge is 2.33. The molecule has 0 aliphatic carbocycles. The maximum Gasteiger partial charge on any atom is 0.273 e. The van der Waals surface area contributed by atoms with Gasteiger partial charge in [0, 0.05) is 5.39 Å². The smallest absolute Gasteiger partial charge is 0.273 e. The van der Waals surface area contributed by atoms with Crippen LogP contribution in [0.4, 0.5) is 4.39 Å². The molecule has 2 heterocycles. The lowest BCUT2D eigenvalue weighted by Gasteiger charge is -2.28. The maximum absolute atomic E-state index is 14.5. The van der Waals surface area contributed by atoms with E-state index in [0.717, 1.165) is 0 Å². The molecular weight excluding hydrogens is 367 g/mol. The Morgan fingerprint density at radius 3 is 2.75 bits per heavy atom. The summed E-state index contributed by atoms with van der Waals surface area (Å²) in [6, 6.07) is 3.53. The van der Waals surface area contributed by atoms with Crippen molar-refractivity contribution in [2.75, 3.05) is 19.8 Å². The van der Waals surface area contributed by atoms with Crippen LogP contribution < -0.4 is 11.1 Å². The van der Waals surface area contributed by atoms with Crippen LogP contribution in [-0.4, -0.2) is 53.6 Å². The van der Waals surface area contributed by atoms with E-state index in [1.165, 1.54) is 16.8 Å². The molecule has 28 heavy (non-hydrogen) atoms. The van der Waals surface area contributed by atoms with E-state index in [4.69, 9.17) is 15.2 Å². The fourth-order valence-electron chi connectivity index (χ4n) is 3.24. The fourth-order valence-corrected chi connectivity index (χ4v) is 3.24. The molecule has 0 bridgehead atoms. The molecule has 2 aromatic rings. The number of halogens is 1. The average Bonchev–Trinajstić information content (AvgIpc) is 2.99. The first-order valence-corrected chi connectivity index (χ1v) is 9.13. The maximum atomic E-state index is 14.5. The zero-order valence-electron chi connectivity index (χ0n) is 16.2. The number of primary amides is 1. The quantitative estimate of drug-likeness (QED) is 0.795. The number of fused-ring (bicyclic) bond motifs is 1. The topological polar surface area (TPSA) is 108 Å². The summed E-state index contributed by atoms with van der Waals surface area (Å²) in [7, 11) is 0. The van der Waals surface area contributed by atoms with Crippen molar-refractivity contribution >= 4 is 22.7 Å². The van der Waals surface area contributed by atoms with E-state index in [9.17, 15) is 14.0 Å². The van der Waals surface area contributed by atoms with E-state index in [0.29, 0.717) is 25.2 Å². The number of carbonyl (C=O) groups excluding carboxylic acids is 2.